The van der Waals surface area contributed by atoms with Gasteiger partial charge in [0, 0.05) is 19.0 Å². The van der Waals surface area contributed by atoms with Crippen LogP contribution in [0.3, 0.4) is 0 Å². The first-order valence-corrected chi connectivity index (χ1v) is 21.3. The van der Waals surface area contributed by atoms with Gasteiger partial charge in [0.2, 0.25) is 0 Å². The Hall–Kier alpha value is -0.610. The van der Waals surface area contributed by atoms with Gasteiger partial charge in [-0.2, -0.15) is 0 Å². The lowest BCUT2D eigenvalue weighted by atomic mass is 9.93. The van der Waals surface area contributed by atoms with Crippen molar-refractivity contribution in [3.8, 4) is 0 Å². The van der Waals surface area contributed by atoms with Gasteiger partial charge in [-0.3, -0.25) is 0 Å². The van der Waals surface area contributed by atoms with Crippen LogP contribution in [0.1, 0.15) is 194 Å². The molecule has 1 rings (SSSR count). The summed E-state index contributed by atoms with van der Waals surface area (Å²) < 4.78 is 0. The zero-order valence-corrected chi connectivity index (χ0v) is 32.7. The highest BCUT2D eigenvalue weighted by atomic mass is 32.1. The van der Waals surface area contributed by atoms with Crippen molar-refractivity contribution < 1.29 is 25.5 Å². The Kier molecular flexibility index (Phi) is 30.4. The van der Waals surface area contributed by atoms with Gasteiger partial charge in [-0.15, -0.1) is 0 Å². The van der Waals surface area contributed by atoms with E-state index in [1.165, 1.54) is 141 Å². The molecule has 0 amide bonds. The standard InChI is InChI=1S/C41H80N2O5S/c1-3-5-6-7-8-9-10-11-12-13-14-15-16-17-18-19-20-21-22-23-24-25-26-31-39(49)43-36(38(46)32-34(44)4-2)33-42-35-29-27-28-30-37(45)41(48)40(35)47/h28,30,34-38,40-42,44-48H,3-27,29,31-33H2,1-2H3,(H,43,49). The lowest BCUT2D eigenvalue weighted by molar-refractivity contribution is -0.0593. The molecule has 0 bridgehead atoms. The maximum absolute atomic E-state index is 10.9. The van der Waals surface area contributed by atoms with Crippen LogP contribution in [-0.2, 0) is 0 Å². The molecule has 7 nitrogen and oxygen atoms in total. The van der Waals surface area contributed by atoms with Gasteiger partial charge in [-0.25, -0.2) is 0 Å². The van der Waals surface area contributed by atoms with E-state index in [0.29, 0.717) is 30.8 Å². The van der Waals surface area contributed by atoms with Crippen LogP contribution in [0.5, 0.6) is 0 Å². The first-order chi connectivity index (χ1) is 23.8. The fraction of sp³-hybridized carbons (Fsp3) is 0.927. The average molecular weight is 713 g/mol. The number of unbranched alkanes of at least 4 members (excludes halogenated alkanes) is 22. The van der Waals surface area contributed by atoms with Crippen molar-refractivity contribution in [2.45, 2.75) is 236 Å². The van der Waals surface area contributed by atoms with Crippen LogP contribution in [0.15, 0.2) is 12.2 Å². The number of aliphatic hydroxyl groups is 5. The van der Waals surface area contributed by atoms with Crippen LogP contribution < -0.4 is 10.6 Å². The molecule has 0 aromatic rings. The smallest absolute Gasteiger partial charge is 0.111 e. The van der Waals surface area contributed by atoms with Gasteiger partial charge in [0.1, 0.15) is 12.2 Å². The minimum atomic E-state index is -1.29. The maximum Gasteiger partial charge on any atom is 0.111 e. The molecule has 1 aliphatic rings. The molecule has 0 aromatic carbocycles. The molecule has 49 heavy (non-hydrogen) atoms. The van der Waals surface area contributed by atoms with Crippen molar-refractivity contribution >= 4 is 17.2 Å². The molecular formula is C41H80N2O5S. The predicted octanol–water partition coefficient (Wildman–Crippen LogP) is 8.57. The monoisotopic (exact) mass is 713 g/mol. The highest BCUT2D eigenvalue weighted by Crippen LogP contribution is 2.18. The summed E-state index contributed by atoms with van der Waals surface area (Å²) in [6.07, 6.45) is 32.6. The molecule has 7 atom stereocenters. The van der Waals surface area contributed by atoms with Crippen molar-refractivity contribution in [3.63, 3.8) is 0 Å². The van der Waals surface area contributed by atoms with Gasteiger partial charge >= 0.3 is 0 Å². The van der Waals surface area contributed by atoms with Gasteiger partial charge in [0.15, 0.2) is 0 Å². The molecule has 0 radical (unpaired) electrons. The summed E-state index contributed by atoms with van der Waals surface area (Å²) in [5.74, 6) is 0. The van der Waals surface area contributed by atoms with E-state index in [-0.39, 0.29) is 6.42 Å². The second-order valence-electron chi connectivity index (χ2n) is 15.1. The van der Waals surface area contributed by atoms with Crippen LogP contribution in [0.4, 0.5) is 0 Å². The van der Waals surface area contributed by atoms with Crippen LogP contribution in [-0.4, -0.2) is 79.7 Å². The van der Waals surface area contributed by atoms with Crippen molar-refractivity contribution in [1.82, 2.24) is 10.6 Å². The highest BCUT2D eigenvalue weighted by molar-refractivity contribution is 7.80. The lowest BCUT2D eigenvalue weighted by Crippen LogP contribution is -2.56. The molecule has 0 saturated carbocycles. The summed E-state index contributed by atoms with van der Waals surface area (Å²) in [6.45, 7) is 4.48. The van der Waals surface area contributed by atoms with Crippen LogP contribution in [0, 0.1) is 0 Å². The summed E-state index contributed by atoms with van der Waals surface area (Å²) in [6, 6.07) is -0.881. The second kappa shape index (κ2) is 32.1. The topological polar surface area (TPSA) is 125 Å². The highest BCUT2D eigenvalue weighted by Gasteiger charge is 2.32. The van der Waals surface area contributed by atoms with Crippen molar-refractivity contribution in [2.24, 2.45) is 0 Å². The minimum absolute atomic E-state index is 0.231. The molecule has 7 unspecified atom stereocenters. The number of hydrogen-bond acceptors (Lipinski definition) is 7. The SMILES string of the molecule is CCCCCCCCCCCCCCCCCCCCCCCCCC(=S)NC(CNC1CCC=CC(O)C(O)C1O)C(O)CC(O)CC. The van der Waals surface area contributed by atoms with E-state index < -0.39 is 42.6 Å². The Bertz CT molecular complexity index is 787. The van der Waals surface area contributed by atoms with Crippen LogP contribution >= 0.6 is 12.2 Å². The molecule has 0 aromatic heterocycles. The summed E-state index contributed by atoms with van der Waals surface area (Å²) >= 11 is 5.65. The van der Waals surface area contributed by atoms with Gasteiger partial charge in [-0.1, -0.05) is 179 Å². The molecule has 0 spiro atoms. The van der Waals surface area contributed by atoms with Crippen molar-refractivity contribution in [2.75, 3.05) is 6.54 Å². The number of thiocarbonyl (C=S) groups is 1. The van der Waals surface area contributed by atoms with Crippen molar-refractivity contribution in [1.29, 1.82) is 0 Å². The van der Waals surface area contributed by atoms with E-state index in [9.17, 15) is 25.5 Å². The Morgan fingerprint density at radius 2 is 1.12 bits per heavy atom. The summed E-state index contributed by atoms with van der Waals surface area (Å²) in [4.78, 5) is 0.706. The zero-order chi connectivity index (χ0) is 36.0. The normalized spacial score (nSPS) is 21.6. The van der Waals surface area contributed by atoms with E-state index in [1.54, 1.807) is 0 Å². The molecule has 290 valence electrons. The van der Waals surface area contributed by atoms with Gasteiger partial charge < -0.3 is 36.2 Å². The quantitative estimate of drug-likeness (QED) is 0.0210. The van der Waals surface area contributed by atoms with Crippen molar-refractivity contribution in [3.05, 3.63) is 12.2 Å². The second-order valence-corrected chi connectivity index (χ2v) is 15.6. The summed E-state index contributed by atoms with van der Waals surface area (Å²) in [5.41, 5.74) is 0. The number of nitrogens with one attached hydrogen (secondary N) is 2. The first kappa shape index (κ1) is 46.4. The summed E-state index contributed by atoms with van der Waals surface area (Å²) in [5, 5.41) is 58.6. The number of hydrogen-bond donors (Lipinski definition) is 7. The van der Waals surface area contributed by atoms with E-state index in [4.69, 9.17) is 12.2 Å². The molecule has 0 fully saturated rings. The van der Waals surface area contributed by atoms with E-state index in [1.807, 2.05) is 13.0 Å². The Labute approximate surface area is 307 Å². The summed E-state index contributed by atoms with van der Waals surface area (Å²) in [7, 11) is 0. The van der Waals surface area contributed by atoms with Crippen LogP contribution in [0.2, 0.25) is 0 Å². The third kappa shape index (κ3) is 25.1. The van der Waals surface area contributed by atoms with Gasteiger partial charge in [0.05, 0.1) is 29.3 Å². The van der Waals surface area contributed by atoms with Crippen LogP contribution in [0.25, 0.3) is 0 Å². The molecular weight excluding hydrogens is 633 g/mol. The fourth-order valence-electron chi connectivity index (χ4n) is 6.98. The third-order valence-corrected chi connectivity index (χ3v) is 10.8. The number of allylic oxidation sites excluding steroid dienone is 1. The van der Waals surface area contributed by atoms with E-state index >= 15 is 0 Å². The van der Waals surface area contributed by atoms with Gasteiger partial charge in [0.25, 0.3) is 0 Å². The zero-order valence-electron chi connectivity index (χ0n) is 31.8. The molecule has 0 heterocycles. The first-order valence-electron chi connectivity index (χ1n) is 20.9. The molecule has 0 saturated heterocycles. The fourth-order valence-corrected chi connectivity index (χ4v) is 7.28. The number of aliphatic hydroxyl groups excluding tert-OH is 5. The third-order valence-electron chi connectivity index (χ3n) is 10.5. The maximum atomic E-state index is 10.9. The Balaban J connectivity index is 2.09. The molecule has 1 aliphatic carbocycles. The van der Waals surface area contributed by atoms with E-state index in [2.05, 4.69) is 17.6 Å². The number of rotatable bonds is 32. The average Bonchev–Trinajstić information content (AvgIpc) is 3.09. The molecule has 0 aliphatic heterocycles. The predicted molar refractivity (Wildman–Crippen MR) is 211 cm³/mol. The Morgan fingerprint density at radius 3 is 1.57 bits per heavy atom. The molecule has 7 N–H and O–H groups in total. The van der Waals surface area contributed by atoms with Gasteiger partial charge in [-0.05, 0) is 32.1 Å². The largest absolute Gasteiger partial charge is 0.393 e. The lowest BCUT2D eigenvalue weighted by Gasteiger charge is -2.33. The Morgan fingerprint density at radius 1 is 0.673 bits per heavy atom. The van der Waals surface area contributed by atoms with E-state index in [0.717, 1.165) is 19.3 Å². The molecule has 8 heteroatoms. The minimum Gasteiger partial charge on any atom is -0.393 e.